The predicted molar refractivity (Wildman–Crippen MR) is 147 cm³/mol. The highest BCUT2D eigenvalue weighted by Crippen LogP contribution is 2.28. The summed E-state index contributed by atoms with van der Waals surface area (Å²) in [5.74, 6) is -0.758. The van der Waals surface area contributed by atoms with Crippen LogP contribution < -0.4 is 9.62 Å². The predicted octanol–water partition coefficient (Wildman–Crippen LogP) is 4.36. The molecule has 0 aromatic heterocycles. The van der Waals surface area contributed by atoms with Crippen molar-refractivity contribution < 1.29 is 18.0 Å². The van der Waals surface area contributed by atoms with Gasteiger partial charge in [-0.1, -0.05) is 67.1 Å². The number of nitrogens with one attached hydrogen (secondary N) is 1. The zero-order valence-electron chi connectivity index (χ0n) is 22.1. The molecule has 3 aromatic carbocycles. The van der Waals surface area contributed by atoms with Crippen LogP contribution in [-0.4, -0.2) is 44.8 Å². The number of carbonyl (C=O) groups excluding carboxylic acids is 2. The van der Waals surface area contributed by atoms with E-state index in [9.17, 15) is 18.0 Å². The molecule has 0 bridgehead atoms. The summed E-state index contributed by atoms with van der Waals surface area (Å²) in [5, 5.41) is 2.64. The van der Waals surface area contributed by atoms with Crippen molar-refractivity contribution in [2.75, 3.05) is 17.9 Å². The summed E-state index contributed by atoms with van der Waals surface area (Å²) in [6, 6.07) is 20.5. The fourth-order valence-corrected chi connectivity index (χ4v) is 5.73. The van der Waals surface area contributed by atoms with Crippen LogP contribution in [0.25, 0.3) is 0 Å². The van der Waals surface area contributed by atoms with Crippen LogP contribution in [0.4, 0.5) is 5.69 Å². The molecule has 3 rings (SSSR count). The van der Waals surface area contributed by atoms with Gasteiger partial charge in [0.15, 0.2) is 0 Å². The number of benzene rings is 3. The van der Waals surface area contributed by atoms with Crippen LogP contribution in [0, 0.1) is 20.8 Å². The van der Waals surface area contributed by atoms with Gasteiger partial charge in [-0.05, 0) is 62.1 Å². The normalized spacial score (nSPS) is 12.0. The number of likely N-dealkylation sites (N-methyl/N-ethyl adjacent to an activating group) is 1. The van der Waals surface area contributed by atoms with Crippen LogP contribution in [0.1, 0.15) is 35.6 Å². The Morgan fingerprint density at radius 3 is 2.03 bits per heavy atom. The molecule has 7 nitrogen and oxygen atoms in total. The Morgan fingerprint density at radius 2 is 1.46 bits per heavy atom. The van der Waals surface area contributed by atoms with Crippen molar-refractivity contribution in [3.8, 4) is 0 Å². The van der Waals surface area contributed by atoms with Gasteiger partial charge in [-0.15, -0.1) is 0 Å². The molecule has 0 aliphatic heterocycles. The summed E-state index contributed by atoms with van der Waals surface area (Å²) < 4.78 is 28.9. The quantitative estimate of drug-likeness (QED) is 0.430. The minimum atomic E-state index is -4.08. The van der Waals surface area contributed by atoms with Crippen LogP contribution in [0.2, 0.25) is 0 Å². The van der Waals surface area contributed by atoms with Crippen LogP contribution in [-0.2, 0) is 26.2 Å². The third-order valence-electron chi connectivity index (χ3n) is 6.51. The molecule has 0 spiro atoms. The van der Waals surface area contributed by atoms with Crippen LogP contribution >= 0.6 is 0 Å². The molecule has 1 atom stereocenters. The minimum Gasteiger partial charge on any atom is -0.357 e. The van der Waals surface area contributed by atoms with E-state index < -0.39 is 28.5 Å². The number of aryl methyl sites for hydroxylation is 3. The van der Waals surface area contributed by atoms with Crippen molar-refractivity contribution in [1.82, 2.24) is 10.2 Å². The zero-order valence-corrected chi connectivity index (χ0v) is 22.9. The van der Waals surface area contributed by atoms with Crippen LogP contribution in [0.3, 0.4) is 0 Å². The molecule has 37 heavy (non-hydrogen) atoms. The molecule has 2 amide bonds. The molecular formula is C29H35N3O4S. The van der Waals surface area contributed by atoms with Gasteiger partial charge in [-0.25, -0.2) is 8.42 Å². The van der Waals surface area contributed by atoms with Gasteiger partial charge < -0.3 is 10.2 Å². The van der Waals surface area contributed by atoms with E-state index in [1.54, 1.807) is 36.4 Å². The van der Waals surface area contributed by atoms with Gasteiger partial charge >= 0.3 is 0 Å². The Bertz CT molecular complexity index is 1350. The second-order valence-corrected chi connectivity index (χ2v) is 11.0. The molecule has 8 heteroatoms. The molecule has 0 heterocycles. The van der Waals surface area contributed by atoms with Crippen molar-refractivity contribution in [1.29, 1.82) is 0 Å². The van der Waals surface area contributed by atoms with E-state index in [0.29, 0.717) is 12.1 Å². The fraction of sp³-hybridized carbons (Fsp3) is 0.310. The molecule has 0 aliphatic carbocycles. The average Bonchev–Trinajstić information content (AvgIpc) is 2.88. The summed E-state index contributed by atoms with van der Waals surface area (Å²) in [4.78, 5) is 28.3. The highest BCUT2D eigenvalue weighted by atomic mass is 32.2. The monoisotopic (exact) mass is 521 g/mol. The lowest BCUT2D eigenvalue weighted by Gasteiger charge is -2.33. The molecule has 0 fully saturated rings. The van der Waals surface area contributed by atoms with Crippen molar-refractivity contribution in [3.05, 3.63) is 95.1 Å². The van der Waals surface area contributed by atoms with Crippen LogP contribution in [0.5, 0.6) is 0 Å². The summed E-state index contributed by atoms with van der Waals surface area (Å²) in [6.07, 6.45) is 0.381. The van der Waals surface area contributed by atoms with Crippen molar-refractivity contribution in [3.63, 3.8) is 0 Å². The smallest absolute Gasteiger partial charge is 0.264 e. The molecule has 3 aromatic rings. The van der Waals surface area contributed by atoms with Gasteiger partial charge in [-0.3, -0.25) is 13.9 Å². The molecule has 0 aliphatic rings. The summed E-state index contributed by atoms with van der Waals surface area (Å²) >= 11 is 0. The number of anilines is 1. The maximum atomic E-state index is 13.9. The number of rotatable bonds is 10. The Balaban J connectivity index is 2.08. The highest BCUT2D eigenvalue weighted by Gasteiger charge is 2.34. The second kappa shape index (κ2) is 12.1. The van der Waals surface area contributed by atoms with Gasteiger partial charge in [-0.2, -0.15) is 0 Å². The van der Waals surface area contributed by atoms with Crippen molar-refractivity contribution >= 4 is 27.5 Å². The summed E-state index contributed by atoms with van der Waals surface area (Å²) in [6.45, 7) is 7.21. The lowest BCUT2D eigenvalue weighted by molar-refractivity contribution is -0.140. The van der Waals surface area contributed by atoms with Gasteiger partial charge in [0, 0.05) is 13.6 Å². The van der Waals surface area contributed by atoms with E-state index in [1.165, 1.54) is 11.9 Å². The molecule has 196 valence electrons. The van der Waals surface area contributed by atoms with Crippen molar-refractivity contribution in [2.45, 2.75) is 51.6 Å². The van der Waals surface area contributed by atoms with E-state index in [-0.39, 0.29) is 17.3 Å². The Morgan fingerprint density at radius 1 is 0.865 bits per heavy atom. The lowest BCUT2D eigenvalue weighted by atomic mass is 10.1. The Hall–Kier alpha value is -3.65. The van der Waals surface area contributed by atoms with E-state index in [1.807, 2.05) is 64.1 Å². The highest BCUT2D eigenvalue weighted by molar-refractivity contribution is 7.92. The first kappa shape index (κ1) is 27.9. The number of para-hydroxylation sites is 1. The SMILES string of the molecule is CC[C@H](C(=O)NC)N(Cc1ccccc1C)C(=O)CN(c1ccccc1C)S(=O)(=O)c1ccc(C)cc1. The number of hydrogen-bond acceptors (Lipinski definition) is 4. The summed E-state index contributed by atoms with van der Waals surface area (Å²) in [5.41, 5.74) is 3.94. The molecule has 1 N–H and O–H groups in total. The largest absolute Gasteiger partial charge is 0.357 e. The number of amides is 2. The summed E-state index contributed by atoms with van der Waals surface area (Å²) in [7, 11) is -2.55. The molecule has 0 saturated heterocycles. The van der Waals surface area contributed by atoms with E-state index in [4.69, 9.17) is 0 Å². The molecular weight excluding hydrogens is 486 g/mol. The molecule has 0 saturated carbocycles. The average molecular weight is 522 g/mol. The third-order valence-corrected chi connectivity index (χ3v) is 8.28. The minimum absolute atomic E-state index is 0.0953. The van der Waals surface area contributed by atoms with Gasteiger partial charge in [0.05, 0.1) is 10.6 Å². The van der Waals surface area contributed by atoms with Crippen molar-refractivity contribution in [2.24, 2.45) is 0 Å². The van der Waals surface area contributed by atoms with Crippen LogP contribution in [0.15, 0.2) is 77.7 Å². The molecule has 0 radical (unpaired) electrons. The topological polar surface area (TPSA) is 86.8 Å². The van der Waals surface area contributed by atoms with E-state index in [2.05, 4.69) is 5.32 Å². The van der Waals surface area contributed by atoms with E-state index in [0.717, 1.165) is 26.6 Å². The first-order valence-electron chi connectivity index (χ1n) is 12.3. The lowest BCUT2D eigenvalue weighted by Crippen LogP contribution is -2.52. The van der Waals surface area contributed by atoms with Gasteiger partial charge in [0.1, 0.15) is 12.6 Å². The Kier molecular flexibility index (Phi) is 9.10. The second-order valence-electron chi connectivity index (χ2n) is 9.10. The number of sulfonamides is 1. The Labute approximate surface area is 220 Å². The maximum absolute atomic E-state index is 13.9. The first-order valence-corrected chi connectivity index (χ1v) is 13.7. The number of carbonyl (C=O) groups is 2. The number of nitrogens with zero attached hydrogens (tertiary/aromatic N) is 2. The standard InChI is InChI=1S/C29H35N3O4S/c1-6-26(29(34)30-5)31(19-24-13-9-7-11-22(24)3)28(33)20-32(27-14-10-8-12-23(27)4)37(35,36)25-17-15-21(2)16-18-25/h7-18,26H,6,19-20H2,1-5H3,(H,30,34)/t26-/m1/s1. The fourth-order valence-electron chi connectivity index (χ4n) is 4.25. The number of hydrogen-bond donors (Lipinski definition) is 1. The zero-order chi connectivity index (χ0) is 27.2. The van der Waals surface area contributed by atoms with Gasteiger partial charge in [0.2, 0.25) is 11.8 Å². The maximum Gasteiger partial charge on any atom is 0.264 e. The third kappa shape index (κ3) is 6.38. The first-order chi connectivity index (χ1) is 17.6. The van der Waals surface area contributed by atoms with Gasteiger partial charge in [0.25, 0.3) is 10.0 Å². The molecule has 0 unspecified atom stereocenters. The van der Waals surface area contributed by atoms with E-state index >= 15 is 0 Å².